The molecule has 1 amide bonds. The van der Waals surface area contributed by atoms with Crippen LogP contribution in [-0.2, 0) is 17.6 Å². The maximum Gasteiger partial charge on any atom is 0.341 e. The molecule has 2 aromatic rings. The number of ether oxygens (including phenoxy) is 1. The van der Waals surface area contributed by atoms with Crippen molar-refractivity contribution < 1.29 is 24.2 Å². The molecule has 0 spiro atoms. The molecule has 0 aromatic carbocycles. The number of nitrogens with one attached hydrogen (secondary N) is 1. The van der Waals surface area contributed by atoms with Gasteiger partial charge in [0.2, 0.25) is 0 Å². The summed E-state index contributed by atoms with van der Waals surface area (Å²) in [5, 5.41) is 12.5. The van der Waals surface area contributed by atoms with E-state index < -0.39 is 17.8 Å². The highest BCUT2D eigenvalue weighted by Crippen LogP contribution is 2.44. The van der Waals surface area contributed by atoms with Crippen molar-refractivity contribution in [3.63, 3.8) is 0 Å². The average molecular weight is 431 g/mol. The number of carbonyl (C=O) groups excluding carboxylic acids is 2. The lowest BCUT2D eigenvalue weighted by molar-refractivity contribution is 0.0525. The average Bonchev–Trinajstić information content (AvgIpc) is 3.04. The molecule has 7 nitrogen and oxygen atoms in total. The number of amides is 1. The van der Waals surface area contributed by atoms with E-state index >= 15 is 0 Å². The molecule has 1 aliphatic rings. The van der Waals surface area contributed by atoms with E-state index in [1.807, 2.05) is 0 Å². The van der Waals surface area contributed by atoms with Crippen molar-refractivity contribution in [2.45, 2.75) is 47.0 Å². The zero-order valence-corrected chi connectivity index (χ0v) is 18.4. The molecule has 2 heterocycles. The third-order valence-corrected chi connectivity index (χ3v) is 6.66. The normalized spacial score (nSPS) is 15.9. The van der Waals surface area contributed by atoms with Gasteiger partial charge >= 0.3 is 11.9 Å². The number of carboxylic acids is 1. The Labute approximate surface area is 179 Å². The van der Waals surface area contributed by atoms with E-state index in [-0.39, 0.29) is 23.1 Å². The monoisotopic (exact) mass is 430 g/mol. The van der Waals surface area contributed by atoms with Crippen LogP contribution in [0.2, 0.25) is 0 Å². The molecule has 0 bridgehead atoms. The molecule has 0 saturated carbocycles. The van der Waals surface area contributed by atoms with Crippen LogP contribution in [0.25, 0.3) is 0 Å². The van der Waals surface area contributed by atoms with Crippen LogP contribution in [-0.4, -0.2) is 34.5 Å². The molecular formula is C22H26N2O5S. The molecule has 0 aliphatic heterocycles. The Hall–Kier alpha value is -2.74. The number of hydrogen-bond donors (Lipinski definition) is 2. The lowest BCUT2D eigenvalue weighted by Gasteiger charge is -2.33. The maximum absolute atomic E-state index is 12.9. The second-order valence-corrected chi connectivity index (χ2v) is 9.52. The van der Waals surface area contributed by atoms with E-state index in [2.05, 4.69) is 31.1 Å². The first-order valence-electron chi connectivity index (χ1n) is 9.93. The fourth-order valence-corrected chi connectivity index (χ4v) is 5.08. The van der Waals surface area contributed by atoms with Gasteiger partial charge in [-0.05, 0) is 49.1 Å². The number of aromatic nitrogens is 1. The molecule has 0 fully saturated rings. The second kappa shape index (κ2) is 8.55. The van der Waals surface area contributed by atoms with Gasteiger partial charge in [0.05, 0.1) is 23.3 Å². The van der Waals surface area contributed by atoms with Crippen molar-refractivity contribution in [2.75, 3.05) is 11.9 Å². The summed E-state index contributed by atoms with van der Waals surface area (Å²) in [6, 6.07) is 1.35. The number of nitrogens with zero attached hydrogens (tertiary/aromatic N) is 1. The summed E-state index contributed by atoms with van der Waals surface area (Å²) >= 11 is 1.38. The van der Waals surface area contributed by atoms with E-state index in [9.17, 15) is 19.5 Å². The van der Waals surface area contributed by atoms with Gasteiger partial charge in [-0.25, -0.2) is 9.59 Å². The Bertz CT molecular complexity index is 990. The van der Waals surface area contributed by atoms with Crippen LogP contribution in [0, 0.1) is 11.3 Å². The van der Waals surface area contributed by atoms with Gasteiger partial charge in [0.25, 0.3) is 5.91 Å². The summed E-state index contributed by atoms with van der Waals surface area (Å²) in [7, 11) is 0. The Morgan fingerprint density at radius 2 is 2.03 bits per heavy atom. The number of carbonyl (C=O) groups is 3. The predicted molar refractivity (Wildman–Crippen MR) is 114 cm³/mol. The lowest BCUT2D eigenvalue weighted by atomic mass is 9.72. The molecule has 160 valence electrons. The minimum absolute atomic E-state index is 0.00810. The molecule has 30 heavy (non-hydrogen) atoms. The number of esters is 1. The Morgan fingerprint density at radius 1 is 1.30 bits per heavy atom. The highest BCUT2D eigenvalue weighted by Gasteiger charge is 2.34. The number of rotatable bonds is 5. The second-order valence-electron chi connectivity index (χ2n) is 8.41. The summed E-state index contributed by atoms with van der Waals surface area (Å²) in [4.78, 5) is 41.9. The molecular weight excluding hydrogens is 404 g/mol. The van der Waals surface area contributed by atoms with Gasteiger partial charge in [0.15, 0.2) is 0 Å². The van der Waals surface area contributed by atoms with Crippen molar-refractivity contribution in [2.24, 2.45) is 11.3 Å². The van der Waals surface area contributed by atoms with Gasteiger partial charge in [-0.3, -0.25) is 9.78 Å². The first-order chi connectivity index (χ1) is 14.1. The van der Waals surface area contributed by atoms with Crippen molar-refractivity contribution >= 4 is 34.2 Å². The van der Waals surface area contributed by atoms with E-state index in [0.29, 0.717) is 16.5 Å². The highest BCUT2D eigenvalue weighted by atomic mass is 32.1. The molecule has 0 radical (unpaired) electrons. The fourth-order valence-electron chi connectivity index (χ4n) is 3.77. The van der Waals surface area contributed by atoms with Gasteiger partial charge in [0.1, 0.15) is 5.00 Å². The first-order valence-corrected chi connectivity index (χ1v) is 10.7. The Balaban J connectivity index is 1.99. The van der Waals surface area contributed by atoms with Crippen LogP contribution in [0.4, 0.5) is 5.00 Å². The summed E-state index contributed by atoms with van der Waals surface area (Å²) < 4.78 is 5.25. The van der Waals surface area contributed by atoms with Gasteiger partial charge in [-0.2, -0.15) is 0 Å². The maximum atomic E-state index is 12.9. The number of carboxylic acid groups (broad SMARTS) is 1. The quantitative estimate of drug-likeness (QED) is 0.680. The number of thiophene rings is 1. The summed E-state index contributed by atoms with van der Waals surface area (Å²) in [6.07, 6.45) is 5.03. The molecule has 1 atom stereocenters. The molecule has 0 saturated heterocycles. The number of hydrogen-bond acceptors (Lipinski definition) is 6. The van der Waals surface area contributed by atoms with Crippen molar-refractivity contribution in [1.29, 1.82) is 0 Å². The van der Waals surface area contributed by atoms with Crippen LogP contribution in [0.5, 0.6) is 0 Å². The van der Waals surface area contributed by atoms with Crippen molar-refractivity contribution in [1.82, 2.24) is 4.98 Å². The third kappa shape index (κ3) is 4.38. The van der Waals surface area contributed by atoms with Gasteiger partial charge < -0.3 is 15.2 Å². The largest absolute Gasteiger partial charge is 0.478 e. The van der Waals surface area contributed by atoms with Crippen molar-refractivity contribution in [3.8, 4) is 0 Å². The highest BCUT2D eigenvalue weighted by molar-refractivity contribution is 7.17. The van der Waals surface area contributed by atoms with Crippen LogP contribution < -0.4 is 5.32 Å². The smallest absolute Gasteiger partial charge is 0.341 e. The van der Waals surface area contributed by atoms with E-state index in [1.165, 1.54) is 23.6 Å². The number of fused-ring (bicyclic) bond motifs is 1. The van der Waals surface area contributed by atoms with E-state index in [0.717, 1.165) is 35.9 Å². The molecule has 2 aromatic heterocycles. The van der Waals surface area contributed by atoms with Crippen LogP contribution in [0.15, 0.2) is 18.5 Å². The zero-order valence-electron chi connectivity index (χ0n) is 17.6. The molecule has 3 rings (SSSR count). The third-order valence-electron chi connectivity index (χ3n) is 5.49. The molecule has 1 unspecified atom stereocenters. The Morgan fingerprint density at radius 3 is 2.67 bits per heavy atom. The van der Waals surface area contributed by atoms with Crippen LogP contribution in [0.1, 0.15) is 75.6 Å². The van der Waals surface area contributed by atoms with Gasteiger partial charge in [0, 0.05) is 17.3 Å². The lowest BCUT2D eigenvalue weighted by Crippen LogP contribution is -2.26. The standard InChI is InChI=1S/C22H26N2O5S/c1-5-29-21(28)17-14-7-6-12(22(2,3)4)10-16(14)30-19(17)24-18(25)13-8-9-23-11-15(13)20(26)27/h8-9,11-12H,5-7,10H2,1-4H3,(H,24,25)(H,26,27). The van der Waals surface area contributed by atoms with Gasteiger partial charge in [-0.1, -0.05) is 20.8 Å². The summed E-state index contributed by atoms with van der Waals surface area (Å²) in [5.41, 5.74) is 1.27. The van der Waals surface area contributed by atoms with Crippen LogP contribution in [0.3, 0.4) is 0 Å². The first kappa shape index (κ1) is 22.0. The Kier molecular flexibility index (Phi) is 6.26. The van der Waals surface area contributed by atoms with Crippen molar-refractivity contribution in [3.05, 3.63) is 45.6 Å². The zero-order chi connectivity index (χ0) is 22.1. The van der Waals surface area contributed by atoms with Crippen LogP contribution >= 0.6 is 11.3 Å². The summed E-state index contributed by atoms with van der Waals surface area (Å²) in [6.45, 7) is 8.60. The topological polar surface area (TPSA) is 106 Å². The number of aromatic carboxylic acids is 1. The molecule has 2 N–H and O–H groups in total. The predicted octanol–water partition coefficient (Wildman–Crippen LogP) is 4.42. The number of anilines is 1. The number of pyridine rings is 1. The molecule has 8 heteroatoms. The van der Waals surface area contributed by atoms with Gasteiger partial charge in [-0.15, -0.1) is 11.3 Å². The molecule has 1 aliphatic carbocycles. The SMILES string of the molecule is CCOC(=O)c1c(NC(=O)c2ccncc2C(=O)O)sc2c1CCC(C(C)(C)C)C2. The van der Waals surface area contributed by atoms with E-state index in [4.69, 9.17) is 4.74 Å². The minimum Gasteiger partial charge on any atom is -0.478 e. The fraction of sp³-hybridized carbons (Fsp3) is 0.455. The summed E-state index contributed by atoms with van der Waals surface area (Å²) in [5.74, 6) is -1.82. The van der Waals surface area contributed by atoms with E-state index in [1.54, 1.807) is 6.92 Å². The minimum atomic E-state index is -1.24.